The molecule has 1 N–H and O–H groups in total. The van der Waals surface area contributed by atoms with Gasteiger partial charge in [0.1, 0.15) is 6.17 Å². The molecule has 0 aromatic heterocycles. The highest BCUT2D eigenvalue weighted by Gasteiger charge is 2.30. The second-order valence-corrected chi connectivity index (χ2v) is 5.20. The zero-order chi connectivity index (χ0) is 14.4. The van der Waals surface area contributed by atoms with Crippen LogP contribution in [0.25, 0.3) is 0 Å². The number of rotatable bonds is 7. The molecule has 5 heteroatoms. The zero-order valence-corrected chi connectivity index (χ0v) is 12.2. The third-order valence-electron chi connectivity index (χ3n) is 3.35. The fourth-order valence-corrected chi connectivity index (χ4v) is 2.24. The molecular formula is C15H23N3O2. The molecule has 0 spiro atoms. The van der Waals surface area contributed by atoms with Gasteiger partial charge in [-0.05, 0) is 19.7 Å². The number of ether oxygens (including phenoxy) is 1. The van der Waals surface area contributed by atoms with Gasteiger partial charge in [-0.15, -0.1) is 0 Å². The summed E-state index contributed by atoms with van der Waals surface area (Å²) in [5.74, 6) is 0.134. The molecule has 1 unspecified atom stereocenters. The lowest BCUT2D eigenvalue weighted by molar-refractivity contribution is -0.128. The summed E-state index contributed by atoms with van der Waals surface area (Å²) in [5, 5.41) is 3.24. The van der Waals surface area contributed by atoms with Gasteiger partial charge in [-0.25, -0.2) is 0 Å². The SMILES string of the molecule is CN(C)CCOCCN1C(=O)CNC1c1ccccc1. The van der Waals surface area contributed by atoms with Gasteiger partial charge in [0.15, 0.2) is 0 Å². The van der Waals surface area contributed by atoms with Gasteiger partial charge in [0.25, 0.3) is 0 Å². The first-order valence-corrected chi connectivity index (χ1v) is 6.99. The third kappa shape index (κ3) is 4.03. The summed E-state index contributed by atoms with van der Waals surface area (Å²) >= 11 is 0. The van der Waals surface area contributed by atoms with Crippen LogP contribution in [0.3, 0.4) is 0 Å². The minimum absolute atomic E-state index is 0.0267. The molecule has 1 aromatic rings. The van der Waals surface area contributed by atoms with Crippen molar-refractivity contribution in [3.8, 4) is 0 Å². The number of nitrogens with one attached hydrogen (secondary N) is 1. The normalized spacial score (nSPS) is 19.1. The Morgan fingerprint density at radius 2 is 2.05 bits per heavy atom. The van der Waals surface area contributed by atoms with Crippen LogP contribution in [0.2, 0.25) is 0 Å². The molecule has 0 aliphatic carbocycles. The predicted molar refractivity (Wildman–Crippen MR) is 78.3 cm³/mol. The largest absolute Gasteiger partial charge is 0.378 e. The summed E-state index contributed by atoms with van der Waals surface area (Å²) in [6.07, 6.45) is -0.0267. The summed E-state index contributed by atoms with van der Waals surface area (Å²) in [7, 11) is 4.03. The fourth-order valence-electron chi connectivity index (χ4n) is 2.24. The van der Waals surface area contributed by atoms with E-state index in [4.69, 9.17) is 4.74 Å². The van der Waals surface area contributed by atoms with Gasteiger partial charge in [-0.3, -0.25) is 10.1 Å². The lowest BCUT2D eigenvalue weighted by atomic mass is 10.1. The molecule has 1 saturated heterocycles. The molecule has 1 atom stereocenters. The predicted octanol–water partition coefficient (Wildman–Crippen LogP) is 0.695. The Hall–Kier alpha value is -1.43. The molecule has 20 heavy (non-hydrogen) atoms. The topological polar surface area (TPSA) is 44.8 Å². The van der Waals surface area contributed by atoms with E-state index in [1.807, 2.05) is 49.3 Å². The van der Waals surface area contributed by atoms with Gasteiger partial charge in [-0.1, -0.05) is 30.3 Å². The number of hydrogen-bond acceptors (Lipinski definition) is 4. The maximum Gasteiger partial charge on any atom is 0.238 e. The molecule has 5 nitrogen and oxygen atoms in total. The first-order valence-electron chi connectivity index (χ1n) is 6.99. The molecule has 1 fully saturated rings. The van der Waals surface area contributed by atoms with Crippen molar-refractivity contribution in [3.63, 3.8) is 0 Å². The van der Waals surface area contributed by atoms with Gasteiger partial charge in [0.05, 0.1) is 19.8 Å². The first kappa shape index (κ1) is 15.0. The van der Waals surface area contributed by atoms with E-state index in [-0.39, 0.29) is 12.1 Å². The molecular weight excluding hydrogens is 254 g/mol. The Morgan fingerprint density at radius 1 is 1.30 bits per heavy atom. The number of hydrogen-bond donors (Lipinski definition) is 1. The number of amides is 1. The molecule has 1 heterocycles. The van der Waals surface area contributed by atoms with Crippen molar-refractivity contribution in [1.29, 1.82) is 0 Å². The van der Waals surface area contributed by atoms with E-state index in [1.54, 1.807) is 0 Å². The molecule has 1 amide bonds. The summed E-state index contributed by atoms with van der Waals surface area (Å²) in [4.78, 5) is 15.9. The number of carbonyl (C=O) groups excluding carboxylic acids is 1. The van der Waals surface area contributed by atoms with Crippen LogP contribution in [0.15, 0.2) is 30.3 Å². The standard InChI is InChI=1S/C15H23N3O2/c1-17(2)8-10-20-11-9-18-14(19)12-16-15(18)13-6-4-3-5-7-13/h3-7,15-16H,8-12H2,1-2H3. The molecule has 1 aliphatic rings. The summed E-state index contributed by atoms with van der Waals surface area (Å²) in [5.41, 5.74) is 1.12. The van der Waals surface area contributed by atoms with Crippen LogP contribution in [0.5, 0.6) is 0 Å². The second-order valence-electron chi connectivity index (χ2n) is 5.20. The van der Waals surface area contributed by atoms with Crippen LogP contribution in [0.1, 0.15) is 11.7 Å². The molecule has 110 valence electrons. The fraction of sp³-hybridized carbons (Fsp3) is 0.533. The second kappa shape index (κ2) is 7.38. The van der Waals surface area contributed by atoms with Crippen molar-refractivity contribution in [2.75, 3.05) is 46.9 Å². The smallest absolute Gasteiger partial charge is 0.238 e. The number of likely N-dealkylation sites (N-methyl/N-ethyl adjacent to an activating group) is 1. The molecule has 0 radical (unpaired) electrons. The maximum absolute atomic E-state index is 11.9. The highest BCUT2D eigenvalue weighted by molar-refractivity contribution is 5.80. The van der Waals surface area contributed by atoms with Gasteiger partial charge in [0, 0.05) is 13.1 Å². The Labute approximate surface area is 120 Å². The minimum atomic E-state index is -0.0267. The Morgan fingerprint density at radius 3 is 2.75 bits per heavy atom. The van der Waals surface area contributed by atoms with Gasteiger partial charge >= 0.3 is 0 Å². The van der Waals surface area contributed by atoms with Crippen LogP contribution < -0.4 is 5.32 Å². The van der Waals surface area contributed by atoms with E-state index in [2.05, 4.69) is 10.2 Å². The highest BCUT2D eigenvalue weighted by atomic mass is 16.5. The zero-order valence-electron chi connectivity index (χ0n) is 12.2. The molecule has 0 saturated carbocycles. The third-order valence-corrected chi connectivity index (χ3v) is 3.35. The van der Waals surface area contributed by atoms with Crippen LogP contribution in [0.4, 0.5) is 0 Å². The van der Waals surface area contributed by atoms with Crippen LogP contribution in [0, 0.1) is 0 Å². The Bertz CT molecular complexity index is 422. The van der Waals surface area contributed by atoms with E-state index in [0.717, 1.165) is 12.1 Å². The average molecular weight is 277 g/mol. The quantitative estimate of drug-likeness (QED) is 0.745. The summed E-state index contributed by atoms with van der Waals surface area (Å²) in [6.45, 7) is 3.19. The molecule has 0 bridgehead atoms. The number of nitrogens with zero attached hydrogens (tertiary/aromatic N) is 2. The number of carbonyl (C=O) groups is 1. The van der Waals surface area contributed by atoms with Crippen molar-refractivity contribution < 1.29 is 9.53 Å². The molecule has 1 aromatic carbocycles. The van der Waals surface area contributed by atoms with Gasteiger partial charge in [0.2, 0.25) is 5.91 Å². The summed E-state index contributed by atoms with van der Waals surface area (Å²) < 4.78 is 5.58. The minimum Gasteiger partial charge on any atom is -0.378 e. The van der Waals surface area contributed by atoms with Gasteiger partial charge < -0.3 is 14.5 Å². The Kier molecular flexibility index (Phi) is 5.52. The maximum atomic E-state index is 11.9. The van der Waals surface area contributed by atoms with E-state index in [9.17, 15) is 4.79 Å². The van der Waals surface area contributed by atoms with E-state index < -0.39 is 0 Å². The average Bonchev–Trinajstić information content (AvgIpc) is 2.80. The van der Waals surface area contributed by atoms with Crippen LogP contribution >= 0.6 is 0 Å². The Balaban J connectivity index is 1.83. The van der Waals surface area contributed by atoms with Crippen molar-refractivity contribution in [3.05, 3.63) is 35.9 Å². The number of benzene rings is 1. The lowest BCUT2D eigenvalue weighted by Gasteiger charge is -2.24. The van der Waals surface area contributed by atoms with Crippen molar-refractivity contribution in [1.82, 2.24) is 15.1 Å². The van der Waals surface area contributed by atoms with E-state index in [0.29, 0.717) is 26.3 Å². The molecule has 1 aliphatic heterocycles. The first-order chi connectivity index (χ1) is 9.68. The van der Waals surface area contributed by atoms with Crippen LogP contribution in [-0.2, 0) is 9.53 Å². The van der Waals surface area contributed by atoms with Crippen molar-refractivity contribution in [2.24, 2.45) is 0 Å². The van der Waals surface area contributed by atoms with E-state index >= 15 is 0 Å². The van der Waals surface area contributed by atoms with Crippen molar-refractivity contribution in [2.45, 2.75) is 6.17 Å². The van der Waals surface area contributed by atoms with Crippen molar-refractivity contribution >= 4 is 5.91 Å². The summed E-state index contributed by atoms with van der Waals surface area (Å²) in [6, 6.07) is 10.0. The van der Waals surface area contributed by atoms with Gasteiger partial charge in [-0.2, -0.15) is 0 Å². The highest BCUT2D eigenvalue weighted by Crippen LogP contribution is 2.21. The lowest BCUT2D eigenvalue weighted by Crippen LogP contribution is -2.33. The van der Waals surface area contributed by atoms with Crippen LogP contribution in [-0.4, -0.2) is 62.7 Å². The van der Waals surface area contributed by atoms with E-state index in [1.165, 1.54) is 0 Å². The molecule has 2 rings (SSSR count). The monoisotopic (exact) mass is 277 g/mol.